The van der Waals surface area contributed by atoms with E-state index >= 15 is 0 Å². The van der Waals surface area contributed by atoms with Crippen LogP contribution in [0.5, 0.6) is 5.75 Å². The standard InChI is InChI=1S/C25H28N4O5S/c26-18-20-6-8-23(9-7-20)35(32,33)29-16-14-28(15-17-29)25(31)21-10-12-27(13-11-21)24(30)19-34-22-4-2-1-3-5-22/h1-9,21H,10-17,19H2. The average Bonchev–Trinajstić information content (AvgIpc) is 2.92. The highest BCUT2D eigenvalue weighted by Gasteiger charge is 2.34. The Balaban J connectivity index is 1.24. The average molecular weight is 497 g/mol. The topological polar surface area (TPSA) is 111 Å². The van der Waals surface area contributed by atoms with E-state index in [4.69, 9.17) is 10.00 Å². The Labute approximate surface area is 205 Å². The Morgan fingerprint density at radius 3 is 2.11 bits per heavy atom. The lowest BCUT2D eigenvalue weighted by atomic mass is 9.95. The minimum absolute atomic E-state index is 0.0213. The number of carbonyl (C=O) groups excluding carboxylic acids is 2. The molecule has 9 nitrogen and oxygen atoms in total. The van der Waals surface area contributed by atoms with Gasteiger partial charge in [-0.1, -0.05) is 18.2 Å². The molecule has 2 saturated heterocycles. The normalized spacial score (nSPS) is 17.6. The molecule has 0 aromatic heterocycles. The van der Waals surface area contributed by atoms with E-state index in [0.29, 0.717) is 50.3 Å². The van der Waals surface area contributed by atoms with Crippen molar-refractivity contribution < 1.29 is 22.7 Å². The molecule has 10 heteroatoms. The molecule has 35 heavy (non-hydrogen) atoms. The summed E-state index contributed by atoms with van der Waals surface area (Å²) in [5.41, 5.74) is 0.399. The first-order valence-corrected chi connectivity index (χ1v) is 13.1. The summed E-state index contributed by atoms with van der Waals surface area (Å²) in [6.07, 6.45) is 1.17. The number of nitrogens with zero attached hydrogens (tertiary/aromatic N) is 4. The molecule has 2 aromatic carbocycles. The van der Waals surface area contributed by atoms with E-state index in [1.54, 1.807) is 21.9 Å². The van der Waals surface area contributed by atoms with E-state index in [9.17, 15) is 18.0 Å². The molecule has 184 valence electrons. The van der Waals surface area contributed by atoms with Crippen LogP contribution in [0.3, 0.4) is 0 Å². The number of hydrogen-bond acceptors (Lipinski definition) is 6. The van der Waals surface area contributed by atoms with Gasteiger partial charge in [-0.05, 0) is 49.2 Å². The fourth-order valence-electron chi connectivity index (χ4n) is 4.39. The number of carbonyl (C=O) groups is 2. The number of ether oxygens (including phenoxy) is 1. The largest absolute Gasteiger partial charge is 0.484 e. The van der Waals surface area contributed by atoms with Gasteiger partial charge in [0.15, 0.2) is 6.61 Å². The molecule has 2 aliphatic heterocycles. The molecule has 0 spiro atoms. The van der Waals surface area contributed by atoms with E-state index in [0.717, 1.165) is 0 Å². The predicted octanol–water partition coefficient (Wildman–Crippen LogP) is 1.71. The number of sulfonamides is 1. The van der Waals surface area contributed by atoms with Crippen LogP contribution in [0.2, 0.25) is 0 Å². The van der Waals surface area contributed by atoms with Crippen LogP contribution < -0.4 is 4.74 Å². The van der Waals surface area contributed by atoms with Crippen LogP contribution in [0.25, 0.3) is 0 Å². The lowest BCUT2D eigenvalue weighted by Crippen LogP contribution is -2.53. The summed E-state index contributed by atoms with van der Waals surface area (Å²) in [4.78, 5) is 29.1. The number of hydrogen-bond donors (Lipinski definition) is 0. The molecule has 0 radical (unpaired) electrons. The third-order valence-electron chi connectivity index (χ3n) is 6.47. The van der Waals surface area contributed by atoms with Gasteiger partial charge in [0.2, 0.25) is 15.9 Å². The number of rotatable bonds is 6. The summed E-state index contributed by atoms with van der Waals surface area (Å²) in [5, 5.41) is 8.91. The quantitative estimate of drug-likeness (QED) is 0.602. The van der Waals surface area contributed by atoms with Crippen molar-refractivity contribution in [2.24, 2.45) is 5.92 Å². The number of amides is 2. The van der Waals surface area contributed by atoms with Crippen molar-refractivity contribution in [2.75, 3.05) is 45.9 Å². The molecule has 4 rings (SSSR count). The Morgan fingerprint density at radius 2 is 1.51 bits per heavy atom. The molecule has 0 N–H and O–H groups in total. The van der Waals surface area contributed by atoms with Gasteiger partial charge in [-0.3, -0.25) is 9.59 Å². The molecule has 2 aromatic rings. The second-order valence-electron chi connectivity index (χ2n) is 8.62. The minimum atomic E-state index is -3.67. The summed E-state index contributed by atoms with van der Waals surface area (Å²) in [6.45, 7) is 2.08. The van der Waals surface area contributed by atoms with Gasteiger partial charge in [0.25, 0.3) is 5.91 Å². The highest BCUT2D eigenvalue weighted by atomic mass is 32.2. The molecule has 0 saturated carbocycles. The van der Waals surface area contributed by atoms with E-state index in [2.05, 4.69) is 0 Å². The van der Waals surface area contributed by atoms with Gasteiger partial charge in [0.05, 0.1) is 16.5 Å². The Kier molecular flexibility index (Phi) is 7.68. The zero-order chi connectivity index (χ0) is 24.8. The summed E-state index contributed by atoms with van der Waals surface area (Å²) < 4.78 is 32.7. The first-order chi connectivity index (χ1) is 16.9. The lowest BCUT2D eigenvalue weighted by Gasteiger charge is -2.38. The van der Waals surface area contributed by atoms with Crippen molar-refractivity contribution in [3.05, 3.63) is 60.2 Å². The third-order valence-corrected chi connectivity index (χ3v) is 8.39. The number of nitriles is 1. The minimum Gasteiger partial charge on any atom is -0.484 e. The second-order valence-corrected chi connectivity index (χ2v) is 10.6. The van der Waals surface area contributed by atoms with Gasteiger partial charge in [-0.2, -0.15) is 9.57 Å². The first kappa shape index (κ1) is 24.7. The van der Waals surface area contributed by atoms with Crippen molar-refractivity contribution in [2.45, 2.75) is 17.7 Å². The fourth-order valence-corrected chi connectivity index (χ4v) is 5.81. The molecule has 0 aliphatic carbocycles. The predicted molar refractivity (Wildman–Crippen MR) is 128 cm³/mol. The van der Waals surface area contributed by atoms with Gasteiger partial charge >= 0.3 is 0 Å². The molecule has 2 aliphatic rings. The number of piperazine rings is 1. The number of piperidine rings is 1. The van der Waals surface area contributed by atoms with Crippen molar-refractivity contribution in [1.29, 1.82) is 5.26 Å². The maximum atomic E-state index is 13.0. The van der Waals surface area contributed by atoms with Gasteiger partial charge in [-0.25, -0.2) is 8.42 Å². The molecule has 0 atom stereocenters. The van der Waals surface area contributed by atoms with Gasteiger partial charge < -0.3 is 14.5 Å². The maximum absolute atomic E-state index is 13.0. The van der Waals surface area contributed by atoms with Crippen LogP contribution in [-0.2, 0) is 19.6 Å². The summed E-state index contributed by atoms with van der Waals surface area (Å²) in [5.74, 6) is 0.399. The van der Waals surface area contributed by atoms with Gasteiger partial charge in [-0.15, -0.1) is 0 Å². The van der Waals surface area contributed by atoms with Gasteiger partial charge in [0.1, 0.15) is 5.75 Å². The van der Waals surface area contributed by atoms with E-state index < -0.39 is 10.0 Å². The van der Waals surface area contributed by atoms with Crippen molar-refractivity contribution in [1.82, 2.24) is 14.1 Å². The van der Waals surface area contributed by atoms with E-state index in [1.807, 2.05) is 24.3 Å². The Morgan fingerprint density at radius 1 is 0.886 bits per heavy atom. The van der Waals surface area contributed by atoms with Crippen LogP contribution in [0.1, 0.15) is 18.4 Å². The zero-order valence-corrected chi connectivity index (χ0v) is 20.2. The molecular weight excluding hydrogens is 468 g/mol. The molecule has 2 amide bonds. The summed E-state index contributed by atoms with van der Waals surface area (Å²) >= 11 is 0. The number of para-hydroxylation sites is 1. The molecule has 2 fully saturated rings. The Bertz CT molecular complexity index is 1180. The summed E-state index contributed by atoms with van der Waals surface area (Å²) in [6, 6.07) is 17.0. The lowest BCUT2D eigenvalue weighted by molar-refractivity contribution is -0.142. The van der Waals surface area contributed by atoms with Crippen LogP contribution in [0.4, 0.5) is 0 Å². The maximum Gasteiger partial charge on any atom is 0.260 e. The molecule has 0 unspecified atom stereocenters. The van der Waals surface area contributed by atoms with E-state index in [-0.39, 0.29) is 42.3 Å². The molecule has 2 heterocycles. The smallest absolute Gasteiger partial charge is 0.260 e. The van der Waals surface area contributed by atoms with Crippen LogP contribution in [0.15, 0.2) is 59.5 Å². The van der Waals surface area contributed by atoms with E-state index in [1.165, 1.54) is 28.6 Å². The van der Waals surface area contributed by atoms with Crippen LogP contribution in [-0.4, -0.2) is 80.2 Å². The van der Waals surface area contributed by atoms with Gasteiger partial charge in [0, 0.05) is 45.2 Å². The van der Waals surface area contributed by atoms with Crippen LogP contribution >= 0.6 is 0 Å². The van der Waals surface area contributed by atoms with Crippen molar-refractivity contribution >= 4 is 21.8 Å². The number of benzene rings is 2. The SMILES string of the molecule is N#Cc1ccc(S(=O)(=O)N2CCN(C(=O)C3CCN(C(=O)COc4ccccc4)CC3)CC2)cc1. The molecule has 0 bridgehead atoms. The highest BCUT2D eigenvalue weighted by molar-refractivity contribution is 7.89. The third kappa shape index (κ3) is 5.81. The van der Waals surface area contributed by atoms with Crippen LogP contribution in [0, 0.1) is 17.2 Å². The zero-order valence-electron chi connectivity index (χ0n) is 19.4. The van der Waals surface area contributed by atoms with Crippen molar-refractivity contribution in [3.8, 4) is 11.8 Å². The number of likely N-dealkylation sites (tertiary alicyclic amines) is 1. The highest BCUT2D eigenvalue weighted by Crippen LogP contribution is 2.23. The first-order valence-electron chi connectivity index (χ1n) is 11.6. The molecular formula is C25H28N4O5S. The monoisotopic (exact) mass is 496 g/mol. The summed E-state index contributed by atoms with van der Waals surface area (Å²) in [7, 11) is -3.67. The second kappa shape index (κ2) is 10.9. The Hall–Kier alpha value is -3.42. The van der Waals surface area contributed by atoms with Crippen molar-refractivity contribution in [3.63, 3.8) is 0 Å². The fraction of sp³-hybridized carbons (Fsp3) is 0.400.